The van der Waals surface area contributed by atoms with Crippen LogP contribution in [0.5, 0.6) is 0 Å². The fourth-order valence-electron chi connectivity index (χ4n) is 2.88. The number of hydrogen-bond acceptors (Lipinski definition) is 5. The predicted octanol–water partition coefficient (Wildman–Crippen LogP) is 3.21. The molecular weight excluding hydrogens is 338 g/mol. The Morgan fingerprint density at radius 2 is 1.80 bits per heavy atom. The first-order valence-electron chi connectivity index (χ1n) is 8.28. The first-order chi connectivity index (χ1) is 12.0. The van der Waals surface area contributed by atoms with Gasteiger partial charge in [-0.3, -0.25) is 4.79 Å². The third-order valence-corrected chi connectivity index (χ3v) is 5.08. The number of thiophene rings is 1. The van der Waals surface area contributed by atoms with Crippen molar-refractivity contribution in [3.8, 4) is 10.4 Å². The fraction of sp³-hybridized carbons (Fsp3) is 0.368. The number of benzene rings is 1. The molecule has 1 aromatic heterocycles. The largest absolute Gasteiger partial charge is 0.451 e. The lowest BCUT2D eigenvalue weighted by molar-refractivity contribution is -0.146. The molecule has 1 aromatic carbocycles. The molecule has 0 aliphatic carbocycles. The first kappa shape index (κ1) is 17.6. The Kier molecular flexibility index (Phi) is 5.50. The molecule has 0 spiro atoms. The van der Waals surface area contributed by atoms with E-state index in [1.54, 1.807) is 11.0 Å². The van der Waals surface area contributed by atoms with Gasteiger partial charge >= 0.3 is 5.97 Å². The molecule has 0 bridgehead atoms. The second kappa shape index (κ2) is 7.80. The van der Waals surface area contributed by atoms with Crippen LogP contribution in [0.2, 0.25) is 0 Å². The number of nitrogens with zero attached hydrogens (tertiary/aromatic N) is 1. The normalized spacial score (nSPS) is 20.3. The summed E-state index contributed by atoms with van der Waals surface area (Å²) in [4.78, 5) is 27.6. The monoisotopic (exact) mass is 359 g/mol. The molecule has 1 amide bonds. The Morgan fingerprint density at radius 1 is 1.12 bits per heavy atom. The maximum atomic E-state index is 12.2. The quantitative estimate of drug-likeness (QED) is 0.787. The van der Waals surface area contributed by atoms with Gasteiger partial charge in [-0.25, -0.2) is 4.79 Å². The van der Waals surface area contributed by atoms with Gasteiger partial charge in [0.15, 0.2) is 6.61 Å². The lowest BCUT2D eigenvalue weighted by Crippen LogP contribution is -2.49. The summed E-state index contributed by atoms with van der Waals surface area (Å²) in [6.07, 6.45) is -0.0109. The number of hydrogen-bond donors (Lipinski definition) is 0. The minimum Gasteiger partial charge on any atom is -0.451 e. The van der Waals surface area contributed by atoms with Crippen molar-refractivity contribution in [3.63, 3.8) is 0 Å². The molecule has 1 fully saturated rings. The van der Waals surface area contributed by atoms with Crippen LogP contribution < -0.4 is 0 Å². The van der Waals surface area contributed by atoms with Crippen molar-refractivity contribution in [3.05, 3.63) is 47.3 Å². The van der Waals surface area contributed by atoms with E-state index in [1.807, 2.05) is 50.2 Å². The van der Waals surface area contributed by atoms with Gasteiger partial charge in [0.05, 0.1) is 12.2 Å². The molecule has 1 aliphatic heterocycles. The van der Waals surface area contributed by atoms with E-state index < -0.39 is 5.97 Å². The highest BCUT2D eigenvalue weighted by atomic mass is 32.1. The molecular formula is C19H21NO4S. The number of ether oxygens (including phenoxy) is 2. The maximum absolute atomic E-state index is 12.2. The number of morpholine rings is 1. The first-order valence-corrected chi connectivity index (χ1v) is 9.10. The van der Waals surface area contributed by atoms with E-state index in [9.17, 15) is 9.59 Å². The summed E-state index contributed by atoms with van der Waals surface area (Å²) in [5.41, 5.74) is 1.05. The Labute approximate surface area is 151 Å². The van der Waals surface area contributed by atoms with Crippen LogP contribution in [0.4, 0.5) is 0 Å². The third-order valence-electron chi connectivity index (χ3n) is 3.96. The molecule has 0 radical (unpaired) electrons. The molecule has 6 heteroatoms. The van der Waals surface area contributed by atoms with Crippen molar-refractivity contribution in [1.29, 1.82) is 0 Å². The average molecular weight is 359 g/mol. The Hall–Kier alpha value is -2.18. The molecule has 1 saturated heterocycles. The molecule has 0 unspecified atom stereocenters. The van der Waals surface area contributed by atoms with Crippen molar-refractivity contribution in [1.82, 2.24) is 4.90 Å². The average Bonchev–Trinajstić information content (AvgIpc) is 3.09. The molecule has 132 valence electrons. The highest BCUT2D eigenvalue weighted by Gasteiger charge is 2.26. The van der Waals surface area contributed by atoms with E-state index in [1.165, 1.54) is 11.3 Å². The van der Waals surface area contributed by atoms with Gasteiger partial charge in [-0.15, -0.1) is 11.3 Å². The lowest BCUT2D eigenvalue weighted by Gasteiger charge is -2.35. The van der Waals surface area contributed by atoms with E-state index in [0.717, 1.165) is 10.4 Å². The zero-order valence-electron chi connectivity index (χ0n) is 14.3. The number of carbonyl (C=O) groups is 2. The van der Waals surface area contributed by atoms with Crippen molar-refractivity contribution >= 4 is 23.2 Å². The number of esters is 1. The molecule has 0 saturated carbocycles. The van der Waals surface area contributed by atoms with Crippen LogP contribution in [-0.2, 0) is 14.3 Å². The summed E-state index contributed by atoms with van der Waals surface area (Å²) in [5.74, 6) is -0.648. The van der Waals surface area contributed by atoms with Gasteiger partial charge in [-0.05, 0) is 31.5 Å². The smallest absolute Gasteiger partial charge is 0.348 e. The van der Waals surface area contributed by atoms with Crippen LogP contribution in [-0.4, -0.2) is 48.7 Å². The molecule has 3 rings (SSSR count). The Morgan fingerprint density at radius 3 is 2.48 bits per heavy atom. The number of rotatable bonds is 4. The zero-order chi connectivity index (χ0) is 17.8. The van der Waals surface area contributed by atoms with E-state index in [0.29, 0.717) is 18.0 Å². The lowest BCUT2D eigenvalue weighted by atomic mass is 10.2. The van der Waals surface area contributed by atoms with Gasteiger partial charge < -0.3 is 14.4 Å². The van der Waals surface area contributed by atoms with E-state index >= 15 is 0 Å². The van der Waals surface area contributed by atoms with Crippen LogP contribution in [0.3, 0.4) is 0 Å². The van der Waals surface area contributed by atoms with E-state index in [4.69, 9.17) is 9.47 Å². The van der Waals surface area contributed by atoms with Crippen LogP contribution >= 0.6 is 11.3 Å². The van der Waals surface area contributed by atoms with Gasteiger partial charge in [0, 0.05) is 18.0 Å². The summed E-state index contributed by atoms with van der Waals surface area (Å²) < 4.78 is 10.8. The van der Waals surface area contributed by atoms with Crippen molar-refractivity contribution in [2.75, 3.05) is 19.7 Å². The molecule has 2 atom stereocenters. The summed E-state index contributed by atoms with van der Waals surface area (Å²) >= 11 is 1.36. The van der Waals surface area contributed by atoms with Gasteiger partial charge in [-0.1, -0.05) is 30.3 Å². The van der Waals surface area contributed by atoms with Gasteiger partial charge in [-0.2, -0.15) is 0 Å². The Bertz CT molecular complexity index is 733. The number of amides is 1. The van der Waals surface area contributed by atoms with Crippen molar-refractivity contribution in [2.45, 2.75) is 26.1 Å². The second-order valence-corrected chi connectivity index (χ2v) is 7.25. The predicted molar refractivity (Wildman–Crippen MR) is 96.6 cm³/mol. The maximum Gasteiger partial charge on any atom is 0.348 e. The van der Waals surface area contributed by atoms with Crippen LogP contribution in [0.25, 0.3) is 10.4 Å². The highest BCUT2D eigenvalue weighted by Crippen LogP contribution is 2.28. The second-order valence-electron chi connectivity index (χ2n) is 6.16. The summed E-state index contributed by atoms with van der Waals surface area (Å²) in [6, 6.07) is 13.5. The van der Waals surface area contributed by atoms with Crippen molar-refractivity contribution in [2.24, 2.45) is 0 Å². The standard InChI is InChI=1S/C19H21NO4S/c1-13-10-20(11-14(2)24-13)18(21)12-23-19(22)17-9-8-16(25-17)15-6-4-3-5-7-15/h3-9,13-14H,10-12H2,1-2H3/t13-,14+. The summed E-state index contributed by atoms with van der Waals surface area (Å²) in [6.45, 7) is 4.67. The highest BCUT2D eigenvalue weighted by molar-refractivity contribution is 7.17. The van der Waals surface area contributed by atoms with Crippen LogP contribution in [0, 0.1) is 0 Å². The minimum atomic E-state index is -0.463. The topological polar surface area (TPSA) is 55.8 Å². The van der Waals surface area contributed by atoms with E-state index in [-0.39, 0.29) is 24.7 Å². The molecule has 2 heterocycles. The Balaban J connectivity index is 1.56. The van der Waals surface area contributed by atoms with E-state index in [2.05, 4.69) is 0 Å². The van der Waals surface area contributed by atoms with Gasteiger partial charge in [0.2, 0.25) is 0 Å². The summed E-state index contributed by atoms with van der Waals surface area (Å²) in [7, 11) is 0. The molecule has 2 aromatic rings. The summed E-state index contributed by atoms with van der Waals surface area (Å²) in [5, 5.41) is 0. The molecule has 1 aliphatic rings. The third kappa shape index (κ3) is 4.46. The van der Waals surface area contributed by atoms with Crippen molar-refractivity contribution < 1.29 is 19.1 Å². The molecule has 0 N–H and O–H groups in total. The van der Waals surface area contributed by atoms with Gasteiger partial charge in [0.1, 0.15) is 4.88 Å². The van der Waals surface area contributed by atoms with Gasteiger partial charge in [0.25, 0.3) is 5.91 Å². The zero-order valence-corrected chi connectivity index (χ0v) is 15.1. The fourth-order valence-corrected chi connectivity index (χ4v) is 3.78. The SMILES string of the molecule is C[C@@H]1CN(C(=O)COC(=O)c2ccc(-c3ccccc3)s2)C[C@H](C)O1. The molecule has 5 nitrogen and oxygen atoms in total. The van der Waals surface area contributed by atoms with Crippen LogP contribution in [0.15, 0.2) is 42.5 Å². The molecule has 25 heavy (non-hydrogen) atoms. The minimum absolute atomic E-state index is 0.00544. The number of carbonyl (C=O) groups excluding carboxylic acids is 2. The van der Waals surface area contributed by atoms with Crippen LogP contribution in [0.1, 0.15) is 23.5 Å².